The van der Waals surface area contributed by atoms with E-state index < -0.39 is 11.4 Å². The highest BCUT2D eigenvalue weighted by Gasteiger charge is 2.30. The highest BCUT2D eigenvalue weighted by atomic mass is 16.2. The molecule has 2 N–H and O–H groups in total. The predicted molar refractivity (Wildman–Crippen MR) is 121 cm³/mol. The highest BCUT2D eigenvalue weighted by molar-refractivity contribution is 6.47. The molecule has 0 atom stereocenters. The second-order valence-electron chi connectivity index (χ2n) is 8.09. The molecule has 0 spiro atoms. The minimum atomic E-state index is -0.636. The molecule has 0 fully saturated rings. The first-order valence-electron chi connectivity index (χ1n) is 9.46. The molecular formula is C21H27B2N3O3. The second-order valence-corrected chi connectivity index (χ2v) is 8.09. The lowest BCUT2D eigenvalue weighted by atomic mass is 9.83. The van der Waals surface area contributed by atoms with Gasteiger partial charge >= 0.3 is 7.48 Å². The molecule has 0 unspecified atom stereocenters. The molecule has 2 aromatic rings. The SMILES string of the molecule is B/N=C\c1cc(C(=O)NN(C(=O)c2cc(C)cc(C)c2)C(C)(C)C)ccc1BO. The topological polar surface area (TPSA) is 82.0 Å². The number of nitrogens with zero attached hydrogens (tertiary/aromatic N) is 2. The van der Waals surface area contributed by atoms with Crippen molar-refractivity contribution in [3.05, 3.63) is 64.2 Å². The molecule has 2 aromatic carbocycles. The Morgan fingerprint density at radius 3 is 2.24 bits per heavy atom. The van der Waals surface area contributed by atoms with E-state index in [1.807, 2.05) is 52.8 Å². The number of carbonyl (C=O) groups is 2. The zero-order chi connectivity index (χ0) is 21.8. The molecule has 8 heteroatoms. The van der Waals surface area contributed by atoms with E-state index in [-0.39, 0.29) is 13.4 Å². The van der Waals surface area contributed by atoms with Gasteiger partial charge in [-0.3, -0.25) is 15.0 Å². The summed E-state index contributed by atoms with van der Waals surface area (Å²) >= 11 is 0. The van der Waals surface area contributed by atoms with Crippen molar-refractivity contribution in [3.8, 4) is 0 Å². The van der Waals surface area contributed by atoms with Gasteiger partial charge in [0.05, 0.1) is 5.54 Å². The van der Waals surface area contributed by atoms with Crippen molar-refractivity contribution in [1.82, 2.24) is 10.4 Å². The second kappa shape index (κ2) is 9.09. The van der Waals surface area contributed by atoms with Gasteiger partial charge in [0.15, 0.2) is 0 Å². The zero-order valence-corrected chi connectivity index (χ0v) is 17.9. The molecule has 29 heavy (non-hydrogen) atoms. The van der Waals surface area contributed by atoms with Crippen LogP contribution in [0.5, 0.6) is 0 Å². The molecule has 0 aliphatic rings. The summed E-state index contributed by atoms with van der Waals surface area (Å²) in [6.45, 7) is 9.44. The summed E-state index contributed by atoms with van der Waals surface area (Å²) in [6, 6.07) is 10.6. The average molecular weight is 391 g/mol. The van der Waals surface area contributed by atoms with Gasteiger partial charge in [0, 0.05) is 17.3 Å². The van der Waals surface area contributed by atoms with Gasteiger partial charge in [-0.25, -0.2) is 5.01 Å². The maximum Gasteiger partial charge on any atom is 0.305 e. The van der Waals surface area contributed by atoms with Crippen molar-refractivity contribution >= 4 is 39.0 Å². The van der Waals surface area contributed by atoms with Crippen LogP contribution in [0.2, 0.25) is 0 Å². The van der Waals surface area contributed by atoms with E-state index in [0.717, 1.165) is 11.1 Å². The van der Waals surface area contributed by atoms with Crippen LogP contribution in [0.4, 0.5) is 0 Å². The Balaban J connectivity index is 2.37. The molecule has 2 amide bonds. The van der Waals surface area contributed by atoms with Gasteiger partial charge in [-0.15, -0.1) is 0 Å². The van der Waals surface area contributed by atoms with E-state index in [9.17, 15) is 14.6 Å². The number of benzene rings is 2. The number of carbonyl (C=O) groups excluding carboxylic acids is 2. The maximum atomic E-state index is 13.2. The van der Waals surface area contributed by atoms with Crippen molar-refractivity contribution in [3.63, 3.8) is 0 Å². The van der Waals surface area contributed by atoms with Crippen LogP contribution in [0, 0.1) is 13.8 Å². The van der Waals surface area contributed by atoms with E-state index in [1.165, 1.54) is 5.01 Å². The molecule has 0 saturated heterocycles. The standard InChI is InChI=1S/C21H27B2N3O3/c1-13-8-14(2)10-16(9-13)20(28)26(21(3,4)5)25-19(27)15-6-7-18(23-29)17(11-15)12-24-22/h6-12,23,29H,22H2,1-5H3,(H,25,27)/b24-12-. The molecule has 0 aliphatic carbocycles. The highest BCUT2D eigenvalue weighted by Crippen LogP contribution is 2.18. The van der Waals surface area contributed by atoms with Crippen molar-refractivity contribution < 1.29 is 14.6 Å². The number of hydrogen-bond acceptors (Lipinski definition) is 4. The van der Waals surface area contributed by atoms with Crippen LogP contribution < -0.4 is 10.9 Å². The van der Waals surface area contributed by atoms with Gasteiger partial charge in [-0.1, -0.05) is 23.3 Å². The molecule has 0 aliphatic heterocycles. The fraction of sp³-hybridized carbons (Fsp3) is 0.286. The molecule has 150 valence electrons. The first kappa shape index (κ1) is 22.4. The Labute approximate surface area is 173 Å². The number of aryl methyl sites for hydroxylation is 2. The molecular weight excluding hydrogens is 364 g/mol. The Morgan fingerprint density at radius 2 is 1.72 bits per heavy atom. The van der Waals surface area contributed by atoms with Gasteiger partial charge in [0.1, 0.15) is 0 Å². The molecule has 6 nitrogen and oxygen atoms in total. The van der Waals surface area contributed by atoms with Gasteiger partial charge in [0.25, 0.3) is 11.8 Å². The van der Waals surface area contributed by atoms with Crippen molar-refractivity contribution in [2.75, 3.05) is 0 Å². The number of nitrogens with one attached hydrogen (secondary N) is 1. The monoisotopic (exact) mass is 391 g/mol. The van der Waals surface area contributed by atoms with Crippen molar-refractivity contribution in [2.24, 2.45) is 4.90 Å². The van der Waals surface area contributed by atoms with Gasteiger partial charge in [0.2, 0.25) is 7.98 Å². The summed E-state index contributed by atoms with van der Waals surface area (Å²) in [5.74, 6) is -0.687. The molecule has 0 radical (unpaired) electrons. The third-order valence-electron chi connectivity index (χ3n) is 4.40. The lowest BCUT2D eigenvalue weighted by molar-refractivity contribution is 0.0358. The summed E-state index contributed by atoms with van der Waals surface area (Å²) in [5.41, 5.74) is 6.31. The normalized spacial score (nSPS) is 11.4. The summed E-state index contributed by atoms with van der Waals surface area (Å²) < 4.78 is 0. The van der Waals surface area contributed by atoms with E-state index >= 15 is 0 Å². The summed E-state index contributed by atoms with van der Waals surface area (Å²) in [6.07, 6.45) is 1.59. The number of hydrogen-bond donors (Lipinski definition) is 2. The summed E-state index contributed by atoms with van der Waals surface area (Å²) in [4.78, 5) is 30.1. The van der Waals surface area contributed by atoms with Crippen LogP contribution in [0.1, 0.15) is 58.2 Å². The minimum Gasteiger partial charge on any atom is -0.449 e. The Kier molecular flexibility index (Phi) is 7.03. The lowest BCUT2D eigenvalue weighted by Crippen LogP contribution is -2.56. The van der Waals surface area contributed by atoms with E-state index in [4.69, 9.17) is 0 Å². The van der Waals surface area contributed by atoms with E-state index in [1.54, 1.807) is 32.4 Å². The number of rotatable bonds is 4. The van der Waals surface area contributed by atoms with Crippen LogP contribution in [-0.4, -0.2) is 49.1 Å². The lowest BCUT2D eigenvalue weighted by Gasteiger charge is -2.35. The molecule has 0 bridgehead atoms. The molecule has 0 saturated carbocycles. The largest absolute Gasteiger partial charge is 0.449 e. The minimum absolute atomic E-state index is 0.150. The molecule has 0 aromatic heterocycles. The van der Waals surface area contributed by atoms with Crippen LogP contribution >= 0.6 is 0 Å². The van der Waals surface area contributed by atoms with Crippen LogP contribution in [0.15, 0.2) is 41.3 Å². The Hall–Kier alpha value is -2.86. The average Bonchev–Trinajstić information content (AvgIpc) is 2.64. The Bertz CT molecular complexity index is 932. The van der Waals surface area contributed by atoms with Crippen LogP contribution in [0.3, 0.4) is 0 Å². The fourth-order valence-corrected chi connectivity index (χ4v) is 3.06. The van der Waals surface area contributed by atoms with Crippen LogP contribution in [0.25, 0.3) is 0 Å². The predicted octanol–water partition coefficient (Wildman–Crippen LogP) is 0.825. The summed E-state index contributed by atoms with van der Waals surface area (Å²) in [7, 11) is 1.47. The van der Waals surface area contributed by atoms with Crippen molar-refractivity contribution in [2.45, 2.75) is 40.2 Å². The van der Waals surface area contributed by atoms with Gasteiger partial charge in [-0.2, -0.15) is 0 Å². The molecule has 0 heterocycles. The van der Waals surface area contributed by atoms with Gasteiger partial charge in [-0.05, 0) is 69.9 Å². The van der Waals surface area contributed by atoms with Crippen LogP contribution in [-0.2, 0) is 0 Å². The molecule has 2 rings (SSSR count). The third-order valence-corrected chi connectivity index (χ3v) is 4.40. The quantitative estimate of drug-likeness (QED) is 0.460. The first-order valence-corrected chi connectivity index (χ1v) is 9.46. The fourth-order valence-electron chi connectivity index (χ4n) is 3.06. The smallest absolute Gasteiger partial charge is 0.305 e. The Morgan fingerprint density at radius 1 is 1.10 bits per heavy atom. The number of amides is 2. The van der Waals surface area contributed by atoms with E-state index in [0.29, 0.717) is 22.2 Å². The maximum absolute atomic E-state index is 13.2. The summed E-state index contributed by atoms with van der Waals surface area (Å²) in [5, 5.41) is 10.8. The van der Waals surface area contributed by atoms with Gasteiger partial charge < -0.3 is 9.93 Å². The van der Waals surface area contributed by atoms with E-state index in [2.05, 4.69) is 10.3 Å². The zero-order valence-electron chi connectivity index (χ0n) is 17.9. The first-order chi connectivity index (χ1) is 13.6. The third kappa shape index (κ3) is 5.57. The number of hydrazine groups is 1. The van der Waals surface area contributed by atoms with Crippen molar-refractivity contribution in [1.29, 1.82) is 0 Å².